The molecular weight excluding hydrogens is 272 g/mol. The molecule has 16 heavy (non-hydrogen) atoms. The van der Waals surface area contributed by atoms with Crippen LogP contribution < -0.4 is 5.32 Å². The number of carbonyl (C=O) groups excluding carboxylic acids is 1. The highest BCUT2D eigenvalue weighted by Crippen LogP contribution is 2.15. The van der Waals surface area contributed by atoms with Crippen molar-refractivity contribution >= 4 is 27.5 Å². The van der Waals surface area contributed by atoms with E-state index >= 15 is 0 Å². The Bertz CT molecular complexity index is 468. The van der Waals surface area contributed by atoms with E-state index in [1.807, 2.05) is 0 Å². The first-order valence-corrected chi connectivity index (χ1v) is 5.20. The zero-order chi connectivity index (χ0) is 12.1. The summed E-state index contributed by atoms with van der Waals surface area (Å²) in [4.78, 5) is 11.5. The molecule has 0 unspecified atom stereocenters. The van der Waals surface area contributed by atoms with Crippen molar-refractivity contribution in [3.8, 4) is 6.07 Å². The van der Waals surface area contributed by atoms with Gasteiger partial charge in [0.15, 0.2) is 5.57 Å². The lowest BCUT2D eigenvalue weighted by Crippen LogP contribution is -2.14. The number of nitrogens with one attached hydrogen (secondary N) is 1. The van der Waals surface area contributed by atoms with Crippen LogP contribution in [0.25, 0.3) is 0 Å². The van der Waals surface area contributed by atoms with E-state index in [1.54, 1.807) is 30.3 Å². The highest BCUT2D eigenvalue weighted by atomic mass is 79.9. The number of rotatable bonds is 2. The summed E-state index contributed by atoms with van der Waals surface area (Å²) in [5.74, 6) is -0.915. The van der Waals surface area contributed by atoms with Gasteiger partial charge in [0.2, 0.25) is 0 Å². The summed E-state index contributed by atoms with van der Waals surface area (Å²) in [6, 6.07) is 8.53. The number of aliphatic hydroxyl groups is 1. The van der Waals surface area contributed by atoms with Gasteiger partial charge in [-0.3, -0.25) is 4.79 Å². The number of aliphatic hydroxyl groups excluding tert-OH is 1. The zero-order valence-electron chi connectivity index (χ0n) is 8.49. The molecule has 2 N–H and O–H groups in total. The summed E-state index contributed by atoms with van der Waals surface area (Å²) >= 11 is 3.26. The first kappa shape index (κ1) is 12.3. The van der Waals surface area contributed by atoms with Crippen molar-refractivity contribution in [3.63, 3.8) is 0 Å². The second-order valence-corrected chi connectivity index (χ2v) is 3.95. The zero-order valence-corrected chi connectivity index (χ0v) is 10.1. The van der Waals surface area contributed by atoms with Crippen LogP contribution in [0.3, 0.4) is 0 Å². The first-order chi connectivity index (χ1) is 7.54. The van der Waals surface area contributed by atoms with E-state index in [0.717, 1.165) is 4.47 Å². The third-order valence-corrected chi connectivity index (χ3v) is 2.33. The maximum absolute atomic E-state index is 11.5. The van der Waals surface area contributed by atoms with Crippen LogP contribution in [0, 0.1) is 11.3 Å². The van der Waals surface area contributed by atoms with Gasteiger partial charge in [-0.1, -0.05) is 15.9 Å². The van der Waals surface area contributed by atoms with Crippen molar-refractivity contribution in [1.29, 1.82) is 5.26 Å². The van der Waals surface area contributed by atoms with Crippen molar-refractivity contribution in [2.75, 3.05) is 5.32 Å². The molecule has 0 spiro atoms. The number of nitriles is 1. The SMILES string of the molecule is C/C(O)=C(/C#N)C(=O)Nc1ccc(Br)cc1. The van der Waals surface area contributed by atoms with Crippen LogP contribution in [0.15, 0.2) is 40.1 Å². The van der Waals surface area contributed by atoms with Crippen molar-refractivity contribution in [3.05, 3.63) is 40.1 Å². The average Bonchev–Trinajstić information content (AvgIpc) is 2.22. The molecule has 0 heterocycles. The summed E-state index contributed by atoms with van der Waals surface area (Å²) in [6.45, 7) is 1.29. The Kier molecular flexibility index (Phi) is 4.09. The topological polar surface area (TPSA) is 73.1 Å². The van der Waals surface area contributed by atoms with Gasteiger partial charge < -0.3 is 10.4 Å². The number of hydrogen-bond donors (Lipinski definition) is 2. The third-order valence-electron chi connectivity index (χ3n) is 1.80. The van der Waals surface area contributed by atoms with E-state index in [0.29, 0.717) is 5.69 Å². The molecule has 0 aliphatic rings. The lowest BCUT2D eigenvalue weighted by molar-refractivity contribution is -0.112. The lowest BCUT2D eigenvalue weighted by atomic mass is 10.2. The Morgan fingerprint density at radius 1 is 1.44 bits per heavy atom. The smallest absolute Gasteiger partial charge is 0.269 e. The van der Waals surface area contributed by atoms with Crippen LogP contribution in [0.5, 0.6) is 0 Å². The third kappa shape index (κ3) is 3.11. The second-order valence-electron chi connectivity index (χ2n) is 3.03. The van der Waals surface area contributed by atoms with Gasteiger partial charge in [-0.2, -0.15) is 5.26 Å². The van der Waals surface area contributed by atoms with Crippen LogP contribution in [-0.2, 0) is 4.79 Å². The maximum Gasteiger partial charge on any atom is 0.269 e. The fourth-order valence-electron chi connectivity index (χ4n) is 1.02. The number of anilines is 1. The molecule has 0 aromatic heterocycles. The molecule has 0 aliphatic carbocycles. The number of allylic oxidation sites excluding steroid dienone is 1. The molecule has 0 saturated heterocycles. The van der Waals surface area contributed by atoms with E-state index in [4.69, 9.17) is 10.4 Å². The fraction of sp³-hybridized carbons (Fsp3) is 0.0909. The number of halogens is 1. The number of carbonyl (C=O) groups is 1. The van der Waals surface area contributed by atoms with E-state index in [1.165, 1.54) is 6.92 Å². The fourth-order valence-corrected chi connectivity index (χ4v) is 1.29. The molecule has 0 bridgehead atoms. The van der Waals surface area contributed by atoms with Gasteiger partial charge in [0, 0.05) is 10.2 Å². The predicted octanol–water partition coefficient (Wildman–Crippen LogP) is 2.74. The molecule has 1 aromatic carbocycles. The monoisotopic (exact) mass is 280 g/mol. The minimum Gasteiger partial charge on any atom is -0.511 e. The Balaban J connectivity index is 2.84. The van der Waals surface area contributed by atoms with Crippen LogP contribution in [0.1, 0.15) is 6.92 Å². The molecule has 0 saturated carbocycles. The number of amides is 1. The van der Waals surface area contributed by atoms with Crippen LogP contribution in [0.4, 0.5) is 5.69 Å². The van der Waals surface area contributed by atoms with Gasteiger partial charge in [-0.25, -0.2) is 0 Å². The van der Waals surface area contributed by atoms with Gasteiger partial charge in [0.25, 0.3) is 5.91 Å². The minimum absolute atomic E-state index is 0.289. The normalized spacial score (nSPS) is 11.3. The number of hydrogen-bond acceptors (Lipinski definition) is 3. The Morgan fingerprint density at radius 2 is 2.00 bits per heavy atom. The summed E-state index contributed by atoms with van der Waals surface area (Å²) in [7, 11) is 0. The van der Waals surface area contributed by atoms with Gasteiger partial charge in [0.1, 0.15) is 11.8 Å². The first-order valence-electron chi connectivity index (χ1n) is 4.41. The highest BCUT2D eigenvalue weighted by Gasteiger charge is 2.12. The molecule has 0 aliphatic heterocycles. The lowest BCUT2D eigenvalue weighted by Gasteiger charge is -2.04. The minimum atomic E-state index is -0.621. The van der Waals surface area contributed by atoms with E-state index in [-0.39, 0.29) is 11.3 Å². The molecule has 0 fully saturated rings. The molecule has 5 heteroatoms. The summed E-state index contributed by atoms with van der Waals surface area (Å²) in [6.07, 6.45) is 0. The van der Waals surface area contributed by atoms with E-state index in [2.05, 4.69) is 21.2 Å². The molecule has 1 amide bonds. The van der Waals surface area contributed by atoms with Gasteiger partial charge in [-0.05, 0) is 31.2 Å². The number of nitrogens with zero attached hydrogens (tertiary/aromatic N) is 1. The number of benzene rings is 1. The van der Waals surface area contributed by atoms with Gasteiger partial charge in [-0.15, -0.1) is 0 Å². The molecular formula is C11H9BrN2O2. The Morgan fingerprint density at radius 3 is 2.44 bits per heavy atom. The molecule has 1 aromatic rings. The largest absolute Gasteiger partial charge is 0.511 e. The second kappa shape index (κ2) is 5.33. The molecule has 82 valence electrons. The van der Waals surface area contributed by atoms with Crippen molar-refractivity contribution in [2.45, 2.75) is 6.92 Å². The van der Waals surface area contributed by atoms with Crippen molar-refractivity contribution in [2.24, 2.45) is 0 Å². The maximum atomic E-state index is 11.5. The summed E-state index contributed by atoms with van der Waals surface area (Å²) in [5.41, 5.74) is 0.269. The quantitative estimate of drug-likeness (QED) is 0.497. The Hall–Kier alpha value is -1.80. The standard InChI is InChI=1S/C11H9BrN2O2/c1-7(15)10(6-13)11(16)14-9-4-2-8(12)3-5-9/h2-5,15H,1H3,(H,14,16)/b10-7+. The Labute approximate surface area is 101 Å². The van der Waals surface area contributed by atoms with Crippen molar-refractivity contribution in [1.82, 2.24) is 0 Å². The van der Waals surface area contributed by atoms with Crippen molar-refractivity contribution < 1.29 is 9.90 Å². The average molecular weight is 281 g/mol. The summed E-state index contributed by atoms with van der Waals surface area (Å²) < 4.78 is 0.889. The van der Waals surface area contributed by atoms with E-state index < -0.39 is 5.91 Å². The molecule has 0 radical (unpaired) electrons. The highest BCUT2D eigenvalue weighted by molar-refractivity contribution is 9.10. The van der Waals surface area contributed by atoms with Crippen LogP contribution in [-0.4, -0.2) is 11.0 Å². The van der Waals surface area contributed by atoms with Gasteiger partial charge >= 0.3 is 0 Å². The molecule has 1 rings (SSSR count). The summed E-state index contributed by atoms with van der Waals surface area (Å²) in [5, 5.41) is 20.2. The van der Waals surface area contributed by atoms with Crippen LogP contribution >= 0.6 is 15.9 Å². The molecule has 0 atom stereocenters. The molecule has 4 nitrogen and oxygen atoms in total. The van der Waals surface area contributed by atoms with E-state index in [9.17, 15) is 4.79 Å². The van der Waals surface area contributed by atoms with Gasteiger partial charge in [0.05, 0.1) is 0 Å². The predicted molar refractivity (Wildman–Crippen MR) is 63.7 cm³/mol. The van der Waals surface area contributed by atoms with Crippen LogP contribution in [0.2, 0.25) is 0 Å².